The van der Waals surface area contributed by atoms with E-state index in [9.17, 15) is 4.79 Å². The van der Waals surface area contributed by atoms with Gasteiger partial charge in [0, 0.05) is 30.9 Å². The van der Waals surface area contributed by atoms with Crippen LogP contribution in [0.15, 0.2) is 66.7 Å². The molecule has 2 fully saturated rings. The zero-order valence-corrected chi connectivity index (χ0v) is 19.5. The molecule has 2 aliphatic rings. The van der Waals surface area contributed by atoms with Crippen LogP contribution in [0.1, 0.15) is 42.4 Å². The Bertz CT molecular complexity index is 1160. The van der Waals surface area contributed by atoms with Gasteiger partial charge >= 0.3 is 0 Å². The third-order valence-electron chi connectivity index (χ3n) is 7.37. The number of hydrogen-bond donors (Lipinski definition) is 1. The van der Waals surface area contributed by atoms with Crippen LogP contribution < -0.4 is 15.4 Å². The fourth-order valence-electron chi connectivity index (χ4n) is 5.27. The highest BCUT2D eigenvalue weighted by atomic mass is 16.5. The lowest BCUT2D eigenvalue weighted by atomic mass is 9.68. The molecular weight excluding hydrogens is 424 g/mol. The van der Waals surface area contributed by atoms with Crippen molar-refractivity contribution in [3.63, 3.8) is 0 Å². The van der Waals surface area contributed by atoms with E-state index in [0.717, 1.165) is 35.5 Å². The number of anilines is 1. The van der Waals surface area contributed by atoms with Crippen molar-refractivity contribution in [3.8, 4) is 16.9 Å². The maximum atomic E-state index is 10.6. The van der Waals surface area contributed by atoms with E-state index in [0.29, 0.717) is 25.0 Å². The van der Waals surface area contributed by atoms with Crippen LogP contribution >= 0.6 is 0 Å². The summed E-state index contributed by atoms with van der Waals surface area (Å²) in [7, 11) is 0. The number of benzene rings is 3. The van der Waals surface area contributed by atoms with E-state index in [1.807, 2.05) is 24.3 Å². The highest BCUT2D eigenvalue weighted by Crippen LogP contribution is 2.49. The summed E-state index contributed by atoms with van der Waals surface area (Å²) in [5.41, 5.74) is 13.1. The van der Waals surface area contributed by atoms with Crippen LogP contribution in [0, 0.1) is 5.41 Å². The van der Waals surface area contributed by atoms with E-state index in [-0.39, 0.29) is 6.61 Å². The second-order valence-electron chi connectivity index (χ2n) is 9.62. The van der Waals surface area contributed by atoms with Gasteiger partial charge in [-0.25, -0.2) is 0 Å². The molecule has 1 saturated heterocycles. The van der Waals surface area contributed by atoms with Gasteiger partial charge in [0.15, 0.2) is 0 Å². The molecule has 5 rings (SSSR count). The molecule has 1 aliphatic carbocycles. The van der Waals surface area contributed by atoms with Crippen molar-refractivity contribution in [2.45, 2.75) is 45.4 Å². The van der Waals surface area contributed by atoms with Crippen molar-refractivity contribution in [2.24, 2.45) is 11.1 Å². The number of hydrogen-bond acceptors (Lipinski definition) is 5. The standard InChI is InChI=1S/C29H32N2O3/c30-17-22-5-3-7-24(13-22)26-14-23(18-34-28-8-2-1-6-25(28)19-33-21-32)15-27(16-26)31-12-11-29(20-31)9-4-10-29/h1-3,5-8,13-16,21H,4,9-12,17-20,30H2. The highest BCUT2D eigenvalue weighted by molar-refractivity contribution is 5.70. The molecule has 5 nitrogen and oxygen atoms in total. The van der Waals surface area contributed by atoms with Crippen molar-refractivity contribution in [1.82, 2.24) is 0 Å². The smallest absolute Gasteiger partial charge is 0.293 e. The SMILES string of the molecule is NCc1cccc(-c2cc(COc3ccccc3COC=O)cc(N3CCC4(CCC4)C3)c2)c1. The van der Waals surface area contributed by atoms with Crippen LogP contribution in [-0.4, -0.2) is 19.6 Å². The van der Waals surface area contributed by atoms with E-state index in [2.05, 4.69) is 47.4 Å². The second-order valence-corrected chi connectivity index (χ2v) is 9.62. The molecule has 1 spiro atoms. The highest BCUT2D eigenvalue weighted by Gasteiger charge is 2.42. The second kappa shape index (κ2) is 9.90. The first-order chi connectivity index (χ1) is 16.7. The predicted octanol–water partition coefficient (Wildman–Crippen LogP) is 5.44. The first-order valence-corrected chi connectivity index (χ1v) is 12.1. The topological polar surface area (TPSA) is 64.8 Å². The van der Waals surface area contributed by atoms with Gasteiger partial charge in [0.25, 0.3) is 6.47 Å². The van der Waals surface area contributed by atoms with Crippen molar-refractivity contribution in [1.29, 1.82) is 0 Å². The van der Waals surface area contributed by atoms with E-state index in [1.165, 1.54) is 42.5 Å². The summed E-state index contributed by atoms with van der Waals surface area (Å²) in [5, 5.41) is 0. The molecule has 1 aliphatic heterocycles. The van der Waals surface area contributed by atoms with Gasteiger partial charge in [-0.15, -0.1) is 0 Å². The average molecular weight is 457 g/mol. The summed E-state index contributed by atoms with van der Waals surface area (Å²) in [6, 6.07) is 22.9. The fourth-order valence-corrected chi connectivity index (χ4v) is 5.27. The molecule has 3 aromatic rings. The van der Waals surface area contributed by atoms with Crippen LogP contribution in [0.25, 0.3) is 11.1 Å². The molecule has 2 N–H and O–H groups in total. The van der Waals surface area contributed by atoms with Gasteiger partial charge in [-0.2, -0.15) is 0 Å². The van der Waals surface area contributed by atoms with Crippen LogP contribution in [0.5, 0.6) is 5.75 Å². The quantitative estimate of drug-likeness (QED) is 0.434. The lowest BCUT2D eigenvalue weighted by molar-refractivity contribution is -0.129. The first-order valence-electron chi connectivity index (χ1n) is 12.1. The first kappa shape index (κ1) is 22.5. The lowest BCUT2D eigenvalue weighted by Crippen LogP contribution is -2.33. The van der Waals surface area contributed by atoms with Gasteiger partial charge < -0.3 is 20.1 Å². The Kier molecular flexibility index (Phi) is 6.54. The van der Waals surface area contributed by atoms with Gasteiger partial charge in [0.1, 0.15) is 19.0 Å². The van der Waals surface area contributed by atoms with E-state index >= 15 is 0 Å². The Balaban J connectivity index is 1.43. The molecule has 5 heteroatoms. The Labute approximate surface area is 201 Å². The number of nitrogens with two attached hydrogens (primary N) is 1. The minimum Gasteiger partial charge on any atom is -0.488 e. The van der Waals surface area contributed by atoms with Crippen molar-refractivity contribution in [2.75, 3.05) is 18.0 Å². The average Bonchev–Trinajstić information content (AvgIpc) is 3.33. The number of ether oxygens (including phenoxy) is 2. The van der Waals surface area contributed by atoms with Gasteiger partial charge in [-0.05, 0) is 77.3 Å². The summed E-state index contributed by atoms with van der Waals surface area (Å²) in [6.07, 6.45) is 5.37. The van der Waals surface area contributed by atoms with Gasteiger partial charge in [-0.3, -0.25) is 4.79 Å². The van der Waals surface area contributed by atoms with Gasteiger partial charge in [0.2, 0.25) is 0 Å². The molecule has 0 atom stereocenters. The molecule has 1 heterocycles. The summed E-state index contributed by atoms with van der Waals surface area (Å²) in [4.78, 5) is 13.2. The summed E-state index contributed by atoms with van der Waals surface area (Å²) < 4.78 is 11.2. The van der Waals surface area contributed by atoms with Crippen LogP contribution in [-0.2, 0) is 29.3 Å². The normalized spacial score (nSPS) is 16.3. The number of carbonyl (C=O) groups is 1. The predicted molar refractivity (Wildman–Crippen MR) is 135 cm³/mol. The maximum absolute atomic E-state index is 10.6. The number of rotatable bonds is 9. The Morgan fingerprint density at radius 1 is 0.912 bits per heavy atom. The maximum Gasteiger partial charge on any atom is 0.293 e. The molecule has 0 unspecified atom stereocenters. The van der Waals surface area contributed by atoms with Crippen molar-refractivity contribution < 1.29 is 14.3 Å². The Hall–Kier alpha value is -3.31. The van der Waals surface area contributed by atoms with Crippen molar-refractivity contribution in [3.05, 3.63) is 83.4 Å². The van der Waals surface area contributed by atoms with E-state index < -0.39 is 0 Å². The third-order valence-corrected chi connectivity index (χ3v) is 7.37. The van der Waals surface area contributed by atoms with Crippen LogP contribution in [0.2, 0.25) is 0 Å². The summed E-state index contributed by atoms with van der Waals surface area (Å²) in [6.45, 7) is 3.88. The molecule has 1 saturated carbocycles. The molecule has 0 aromatic heterocycles. The summed E-state index contributed by atoms with van der Waals surface area (Å²) in [5.74, 6) is 0.732. The van der Waals surface area contributed by atoms with Crippen LogP contribution in [0.3, 0.4) is 0 Å². The largest absolute Gasteiger partial charge is 0.488 e. The number of para-hydroxylation sites is 1. The monoisotopic (exact) mass is 456 g/mol. The molecule has 34 heavy (non-hydrogen) atoms. The van der Waals surface area contributed by atoms with Crippen LogP contribution in [0.4, 0.5) is 5.69 Å². The van der Waals surface area contributed by atoms with E-state index in [1.54, 1.807) is 0 Å². The Morgan fingerprint density at radius 3 is 2.53 bits per heavy atom. The Morgan fingerprint density at radius 2 is 1.76 bits per heavy atom. The molecule has 0 amide bonds. The van der Waals surface area contributed by atoms with Gasteiger partial charge in [0.05, 0.1) is 0 Å². The molecular formula is C29H32N2O3. The minimum absolute atomic E-state index is 0.201. The van der Waals surface area contributed by atoms with Crippen molar-refractivity contribution >= 4 is 12.2 Å². The fraction of sp³-hybridized carbons (Fsp3) is 0.345. The van der Waals surface area contributed by atoms with Gasteiger partial charge in [-0.1, -0.05) is 42.8 Å². The number of carbonyl (C=O) groups excluding carboxylic acids is 1. The zero-order valence-electron chi connectivity index (χ0n) is 19.5. The molecule has 3 aromatic carbocycles. The molecule has 0 bridgehead atoms. The minimum atomic E-state index is 0.201. The molecule has 176 valence electrons. The van der Waals surface area contributed by atoms with E-state index in [4.69, 9.17) is 15.2 Å². The molecule has 0 radical (unpaired) electrons. The summed E-state index contributed by atoms with van der Waals surface area (Å²) >= 11 is 0. The lowest BCUT2D eigenvalue weighted by Gasteiger charge is -2.38. The zero-order chi connectivity index (χ0) is 23.4. The third kappa shape index (κ3) is 4.80. The number of nitrogens with zero attached hydrogens (tertiary/aromatic N) is 1.